The summed E-state index contributed by atoms with van der Waals surface area (Å²) >= 11 is 5.91. The van der Waals surface area contributed by atoms with E-state index in [0.717, 1.165) is 5.56 Å². The van der Waals surface area contributed by atoms with Crippen LogP contribution in [0.15, 0.2) is 35.3 Å². The molecule has 25 heavy (non-hydrogen) atoms. The predicted molar refractivity (Wildman–Crippen MR) is 84.8 cm³/mol. The fraction of sp³-hybridized carbons (Fsp3) is 0.250. The third-order valence-electron chi connectivity index (χ3n) is 3.79. The van der Waals surface area contributed by atoms with E-state index in [4.69, 9.17) is 16.3 Å². The van der Waals surface area contributed by atoms with Crippen LogP contribution in [-0.4, -0.2) is 17.5 Å². The summed E-state index contributed by atoms with van der Waals surface area (Å²) in [6.45, 7) is 0.0529. The maximum atomic E-state index is 12.7. The number of H-pyrrole nitrogens is 1. The summed E-state index contributed by atoms with van der Waals surface area (Å²) in [6, 6.07) is 5.60. The van der Waals surface area contributed by atoms with E-state index in [2.05, 4.69) is 5.32 Å². The molecule has 1 atom stereocenters. The lowest BCUT2D eigenvalue weighted by Crippen LogP contribution is -2.34. The Morgan fingerprint density at radius 1 is 1.32 bits per heavy atom. The van der Waals surface area contributed by atoms with Crippen LogP contribution in [-0.2, 0) is 17.4 Å². The van der Waals surface area contributed by atoms with Gasteiger partial charge in [-0.3, -0.25) is 9.59 Å². The third-order valence-corrected chi connectivity index (χ3v) is 4.02. The molecule has 1 aromatic carbocycles. The van der Waals surface area contributed by atoms with Crippen molar-refractivity contribution >= 4 is 23.2 Å². The molecular formula is C16H12ClF3N2O3. The molecule has 2 aromatic rings. The van der Waals surface area contributed by atoms with Crippen LogP contribution in [0.4, 0.5) is 18.9 Å². The normalized spacial score (nSPS) is 16.7. The number of anilines is 1. The number of benzene rings is 1. The minimum atomic E-state index is -4.63. The van der Waals surface area contributed by atoms with E-state index in [1.807, 2.05) is 4.98 Å². The Bertz CT molecular complexity index is 880. The van der Waals surface area contributed by atoms with Crippen LogP contribution in [0.2, 0.25) is 5.02 Å². The summed E-state index contributed by atoms with van der Waals surface area (Å²) in [5, 5.41) is 2.73. The number of alkyl halides is 3. The first kappa shape index (κ1) is 17.3. The lowest BCUT2D eigenvalue weighted by atomic mass is 9.96. The summed E-state index contributed by atoms with van der Waals surface area (Å²) < 4.78 is 43.7. The maximum absolute atomic E-state index is 12.7. The first-order chi connectivity index (χ1) is 11.7. The summed E-state index contributed by atoms with van der Waals surface area (Å²) in [7, 11) is 0. The summed E-state index contributed by atoms with van der Waals surface area (Å²) in [6.07, 6.45) is -3.77. The number of ether oxygens (including phenoxy) is 1. The van der Waals surface area contributed by atoms with Crippen LogP contribution in [0.1, 0.15) is 11.1 Å². The maximum Gasteiger partial charge on any atom is 0.417 e. The molecule has 1 amide bonds. The zero-order valence-electron chi connectivity index (χ0n) is 12.6. The molecule has 2 heterocycles. The second kappa shape index (κ2) is 6.44. The first-order valence-corrected chi connectivity index (χ1v) is 7.64. The average Bonchev–Trinajstić information content (AvgIpc) is 2.55. The number of carbonyl (C=O) groups is 1. The van der Waals surface area contributed by atoms with Gasteiger partial charge in [-0.15, -0.1) is 0 Å². The van der Waals surface area contributed by atoms with Crippen molar-refractivity contribution in [2.24, 2.45) is 5.92 Å². The van der Waals surface area contributed by atoms with Gasteiger partial charge in [0.1, 0.15) is 18.0 Å². The zero-order chi connectivity index (χ0) is 18.2. The molecule has 1 aromatic heterocycles. The van der Waals surface area contributed by atoms with E-state index >= 15 is 0 Å². The van der Waals surface area contributed by atoms with Gasteiger partial charge in [0, 0.05) is 11.2 Å². The smallest absolute Gasteiger partial charge is 0.417 e. The molecule has 1 aliphatic rings. The lowest BCUT2D eigenvalue weighted by Gasteiger charge is -2.24. The van der Waals surface area contributed by atoms with E-state index in [0.29, 0.717) is 29.5 Å². The molecule has 1 unspecified atom stereocenters. The minimum absolute atomic E-state index is 0.0529. The topological polar surface area (TPSA) is 71.2 Å². The first-order valence-electron chi connectivity index (χ1n) is 7.26. The highest BCUT2D eigenvalue weighted by Crippen LogP contribution is 2.31. The van der Waals surface area contributed by atoms with Gasteiger partial charge in [0.15, 0.2) is 0 Å². The van der Waals surface area contributed by atoms with Gasteiger partial charge in [0.05, 0.1) is 11.5 Å². The molecule has 5 nitrogen and oxygen atoms in total. The molecule has 1 aliphatic heterocycles. The van der Waals surface area contributed by atoms with Crippen molar-refractivity contribution in [1.82, 2.24) is 4.98 Å². The van der Waals surface area contributed by atoms with Gasteiger partial charge in [-0.1, -0.05) is 11.6 Å². The van der Waals surface area contributed by atoms with Crippen molar-refractivity contribution in [2.75, 3.05) is 11.9 Å². The number of hydrogen-bond donors (Lipinski definition) is 2. The van der Waals surface area contributed by atoms with Gasteiger partial charge in [-0.05, 0) is 36.2 Å². The number of nitrogens with one attached hydrogen (secondary N) is 2. The molecule has 0 saturated carbocycles. The standard InChI is InChI=1S/C16H12ClF3N2O3/c17-11-1-2-13-8(4-11)3-9(7-25-13)14(23)22-12-5-10(16(18,19)20)6-21-15(12)24/h1-2,4-6,9H,3,7H2,(H,21,24)(H,22,23). The number of carbonyl (C=O) groups excluding carboxylic acids is 1. The van der Waals surface area contributed by atoms with Crippen molar-refractivity contribution in [2.45, 2.75) is 12.6 Å². The van der Waals surface area contributed by atoms with Gasteiger partial charge in [-0.2, -0.15) is 13.2 Å². The number of aromatic nitrogens is 1. The van der Waals surface area contributed by atoms with Gasteiger partial charge in [0.25, 0.3) is 5.56 Å². The van der Waals surface area contributed by atoms with Crippen LogP contribution >= 0.6 is 11.6 Å². The summed E-state index contributed by atoms with van der Waals surface area (Å²) in [5.74, 6) is -0.652. The Morgan fingerprint density at radius 3 is 2.80 bits per heavy atom. The number of amides is 1. The van der Waals surface area contributed by atoms with Crippen molar-refractivity contribution < 1.29 is 22.7 Å². The monoisotopic (exact) mass is 372 g/mol. The fourth-order valence-corrected chi connectivity index (χ4v) is 2.70. The van der Waals surface area contributed by atoms with E-state index in [1.54, 1.807) is 18.2 Å². The van der Waals surface area contributed by atoms with Gasteiger partial charge >= 0.3 is 6.18 Å². The molecule has 0 spiro atoms. The number of halogens is 4. The second-order valence-electron chi connectivity index (χ2n) is 5.58. The molecule has 0 aliphatic carbocycles. The van der Waals surface area contributed by atoms with Crippen LogP contribution in [0, 0.1) is 5.92 Å². The molecule has 2 N–H and O–H groups in total. The molecule has 0 radical (unpaired) electrons. The molecule has 3 rings (SSSR count). The van der Waals surface area contributed by atoms with Gasteiger partial charge < -0.3 is 15.0 Å². The third kappa shape index (κ3) is 3.79. The molecular weight excluding hydrogens is 361 g/mol. The summed E-state index contributed by atoms with van der Waals surface area (Å²) in [5.41, 5.74) is -1.62. The van der Waals surface area contributed by atoms with E-state index in [1.165, 1.54) is 0 Å². The lowest BCUT2D eigenvalue weighted by molar-refractivity contribution is -0.137. The van der Waals surface area contributed by atoms with Crippen LogP contribution in [0.3, 0.4) is 0 Å². The van der Waals surface area contributed by atoms with Crippen molar-refractivity contribution in [1.29, 1.82) is 0 Å². The van der Waals surface area contributed by atoms with Gasteiger partial charge in [-0.25, -0.2) is 0 Å². The Morgan fingerprint density at radius 2 is 2.08 bits per heavy atom. The average molecular weight is 373 g/mol. The second-order valence-corrected chi connectivity index (χ2v) is 6.02. The van der Waals surface area contributed by atoms with Crippen molar-refractivity contribution in [3.05, 3.63) is 57.0 Å². The number of pyridine rings is 1. The van der Waals surface area contributed by atoms with Crippen molar-refractivity contribution in [3.63, 3.8) is 0 Å². The van der Waals surface area contributed by atoms with Gasteiger partial charge in [0.2, 0.25) is 5.91 Å². The highest BCUT2D eigenvalue weighted by molar-refractivity contribution is 6.30. The SMILES string of the molecule is O=C(Nc1cc(C(F)(F)F)c[nH]c1=O)C1COc2ccc(Cl)cc2C1. The molecule has 0 saturated heterocycles. The molecule has 0 fully saturated rings. The number of hydrogen-bond acceptors (Lipinski definition) is 3. The number of rotatable bonds is 2. The Balaban J connectivity index is 1.78. The van der Waals surface area contributed by atoms with Crippen LogP contribution in [0.5, 0.6) is 5.75 Å². The predicted octanol–water partition coefficient (Wildman–Crippen LogP) is 3.24. The number of fused-ring (bicyclic) bond motifs is 1. The minimum Gasteiger partial charge on any atom is -0.492 e. The summed E-state index contributed by atoms with van der Waals surface area (Å²) in [4.78, 5) is 26.0. The fourth-order valence-electron chi connectivity index (χ4n) is 2.51. The van der Waals surface area contributed by atoms with E-state index < -0.39 is 34.8 Å². The Kier molecular flexibility index (Phi) is 4.47. The largest absolute Gasteiger partial charge is 0.492 e. The number of aromatic amines is 1. The van der Waals surface area contributed by atoms with E-state index in [9.17, 15) is 22.8 Å². The Hall–Kier alpha value is -2.48. The highest BCUT2D eigenvalue weighted by atomic mass is 35.5. The molecule has 9 heteroatoms. The zero-order valence-corrected chi connectivity index (χ0v) is 13.4. The highest BCUT2D eigenvalue weighted by Gasteiger charge is 2.32. The Labute approximate surface area is 144 Å². The molecule has 0 bridgehead atoms. The van der Waals surface area contributed by atoms with Crippen molar-refractivity contribution in [3.8, 4) is 5.75 Å². The quantitative estimate of drug-likeness (QED) is 0.850. The van der Waals surface area contributed by atoms with Crippen LogP contribution in [0.25, 0.3) is 0 Å². The van der Waals surface area contributed by atoms with Crippen LogP contribution < -0.4 is 15.6 Å². The molecule has 132 valence electrons. The van der Waals surface area contributed by atoms with E-state index in [-0.39, 0.29) is 6.61 Å².